The second-order valence-electron chi connectivity index (χ2n) is 5.80. The second kappa shape index (κ2) is 6.13. The van der Waals surface area contributed by atoms with Crippen LogP contribution in [0.5, 0.6) is 5.75 Å². The number of rotatable bonds is 4. The zero-order valence-electron chi connectivity index (χ0n) is 13.4. The van der Waals surface area contributed by atoms with Crippen LogP contribution in [0.2, 0.25) is 0 Å². The summed E-state index contributed by atoms with van der Waals surface area (Å²) in [7, 11) is 0. The van der Waals surface area contributed by atoms with E-state index in [2.05, 4.69) is 12.1 Å². The monoisotopic (exact) mass is 282 g/mol. The van der Waals surface area contributed by atoms with E-state index in [1.165, 1.54) is 5.56 Å². The van der Waals surface area contributed by atoms with E-state index < -0.39 is 0 Å². The maximum atomic E-state index is 12.8. The zero-order valence-corrected chi connectivity index (χ0v) is 13.4. The number of hydrogen-bond acceptors (Lipinski definition) is 2. The van der Waals surface area contributed by atoms with E-state index in [0.29, 0.717) is 5.56 Å². The molecule has 2 aromatic carbocycles. The maximum absolute atomic E-state index is 12.8. The SMILES string of the molecule is Cc1cc(C)c(C(=O)c2cccc(OC(C)C)c2)c(C)c1. The van der Waals surface area contributed by atoms with Gasteiger partial charge in [-0.3, -0.25) is 4.79 Å². The topological polar surface area (TPSA) is 26.3 Å². The Morgan fingerprint density at radius 2 is 1.62 bits per heavy atom. The third kappa shape index (κ3) is 3.52. The van der Waals surface area contributed by atoms with Crippen LogP contribution in [-0.2, 0) is 0 Å². The summed E-state index contributed by atoms with van der Waals surface area (Å²) >= 11 is 0. The highest BCUT2D eigenvalue weighted by Gasteiger charge is 2.15. The second-order valence-corrected chi connectivity index (χ2v) is 5.80. The highest BCUT2D eigenvalue weighted by Crippen LogP contribution is 2.22. The highest BCUT2D eigenvalue weighted by atomic mass is 16.5. The van der Waals surface area contributed by atoms with Crippen molar-refractivity contribution in [1.82, 2.24) is 0 Å². The summed E-state index contributed by atoms with van der Waals surface area (Å²) < 4.78 is 5.67. The molecule has 0 saturated heterocycles. The van der Waals surface area contributed by atoms with Gasteiger partial charge in [-0.05, 0) is 57.9 Å². The van der Waals surface area contributed by atoms with Crippen LogP contribution in [0.25, 0.3) is 0 Å². The van der Waals surface area contributed by atoms with Crippen LogP contribution in [0.15, 0.2) is 36.4 Å². The third-order valence-corrected chi connectivity index (χ3v) is 3.37. The Morgan fingerprint density at radius 1 is 1.00 bits per heavy atom. The Bertz CT molecular complexity index is 646. The normalized spacial score (nSPS) is 10.8. The van der Waals surface area contributed by atoms with Gasteiger partial charge in [-0.25, -0.2) is 0 Å². The zero-order chi connectivity index (χ0) is 15.6. The van der Waals surface area contributed by atoms with E-state index in [-0.39, 0.29) is 11.9 Å². The lowest BCUT2D eigenvalue weighted by molar-refractivity contribution is 0.103. The van der Waals surface area contributed by atoms with E-state index in [9.17, 15) is 4.79 Å². The van der Waals surface area contributed by atoms with Gasteiger partial charge in [-0.15, -0.1) is 0 Å². The van der Waals surface area contributed by atoms with E-state index in [1.807, 2.05) is 58.9 Å². The number of aryl methyl sites for hydroxylation is 3. The molecule has 2 rings (SSSR count). The fourth-order valence-electron chi connectivity index (χ4n) is 2.67. The molecule has 0 fully saturated rings. The minimum Gasteiger partial charge on any atom is -0.491 e. The van der Waals surface area contributed by atoms with Crippen LogP contribution in [0.3, 0.4) is 0 Å². The summed E-state index contributed by atoms with van der Waals surface area (Å²) in [6, 6.07) is 11.5. The highest BCUT2D eigenvalue weighted by molar-refractivity contribution is 6.11. The largest absolute Gasteiger partial charge is 0.491 e. The summed E-state index contributed by atoms with van der Waals surface area (Å²) in [5.41, 5.74) is 4.68. The Kier molecular flexibility index (Phi) is 4.46. The minimum atomic E-state index is 0.0548. The van der Waals surface area contributed by atoms with E-state index in [0.717, 1.165) is 22.4 Å². The molecule has 0 heterocycles. The summed E-state index contributed by atoms with van der Waals surface area (Å²) in [5, 5.41) is 0. The molecule has 0 aliphatic heterocycles. The van der Waals surface area contributed by atoms with Crippen molar-refractivity contribution in [2.45, 2.75) is 40.7 Å². The van der Waals surface area contributed by atoms with Gasteiger partial charge in [0.2, 0.25) is 0 Å². The molecule has 2 aromatic rings. The van der Waals surface area contributed by atoms with Crippen molar-refractivity contribution in [2.75, 3.05) is 0 Å². The number of hydrogen-bond donors (Lipinski definition) is 0. The molecule has 0 bridgehead atoms. The number of benzene rings is 2. The quantitative estimate of drug-likeness (QED) is 0.764. The number of ketones is 1. The molecule has 0 aliphatic rings. The predicted octanol–water partition coefficient (Wildman–Crippen LogP) is 4.63. The molecule has 0 spiro atoms. The molecule has 0 amide bonds. The molecule has 0 unspecified atom stereocenters. The molecule has 0 saturated carbocycles. The van der Waals surface area contributed by atoms with Crippen molar-refractivity contribution in [3.05, 3.63) is 64.2 Å². The third-order valence-electron chi connectivity index (χ3n) is 3.37. The average molecular weight is 282 g/mol. The van der Waals surface area contributed by atoms with Crippen molar-refractivity contribution in [3.8, 4) is 5.75 Å². The van der Waals surface area contributed by atoms with Gasteiger partial charge < -0.3 is 4.74 Å². The van der Waals surface area contributed by atoms with Crippen molar-refractivity contribution in [3.63, 3.8) is 0 Å². The van der Waals surface area contributed by atoms with Gasteiger partial charge in [0.05, 0.1) is 6.10 Å². The standard InChI is InChI=1S/C19H22O2/c1-12(2)21-17-8-6-7-16(11-17)19(20)18-14(4)9-13(3)10-15(18)5/h6-12H,1-5H3. The Labute approximate surface area is 126 Å². The fraction of sp³-hybridized carbons (Fsp3) is 0.316. The van der Waals surface area contributed by atoms with Gasteiger partial charge in [0.25, 0.3) is 0 Å². The van der Waals surface area contributed by atoms with Gasteiger partial charge in [-0.2, -0.15) is 0 Å². The summed E-state index contributed by atoms with van der Waals surface area (Å²) in [4.78, 5) is 12.8. The maximum Gasteiger partial charge on any atom is 0.193 e. The van der Waals surface area contributed by atoms with Crippen molar-refractivity contribution >= 4 is 5.78 Å². The van der Waals surface area contributed by atoms with Gasteiger partial charge in [0.1, 0.15) is 5.75 Å². The molecule has 2 heteroatoms. The first-order chi connectivity index (χ1) is 9.88. The molecule has 110 valence electrons. The molecule has 0 atom stereocenters. The minimum absolute atomic E-state index is 0.0548. The van der Waals surface area contributed by atoms with E-state index in [1.54, 1.807) is 0 Å². The lowest BCUT2D eigenvalue weighted by Gasteiger charge is -2.13. The number of ether oxygens (including phenoxy) is 1. The van der Waals surface area contributed by atoms with Gasteiger partial charge in [0, 0.05) is 11.1 Å². The molecule has 0 radical (unpaired) electrons. The Balaban J connectivity index is 2.41. The molecule has 0 aromatic heterocycles. The van der Waals surface area contributed by atoms with Crippen LogP contribution in [-0.4, -0.2) is 11.9 Å². The molecular formula is C19H22O2. The molecule has 21 heavy (non-hydrogen) atoms. The van der Waals surface area contributed by atoms with Crippen molar-refractivity contribution in [1.29, 1.82) is 0 Å². The van der Waals surface area contributed by atoms with Crippen LogP contribution in [0, 0.1) is 20.8 Å². The molecule has 0 aliphatic carbocycles. The Morgan fingerprint density at radius 3 is 2.19 bits per heavy atom. The first-order valence-electron chi connectivity index (χ1n) is 7.27. The smallest absolute Gasteiger partial charge is 0.193 e. The number of carbonyl (C=O) groups is 1. The van der Waals surface area contributed by atoms with Crippen LogP contribution in [0.1, 0.15) is 46.5 Å². The summed E-state index contributed by atoms with van der Waals surface area (Å²) in [6.45, 7) is 9.97. The fourth-order valence-corrected chi connectivity index (χ4v) is 2.67. The average Bonchev–Trinajstić information content (AvgIpc) is 2.36. The van der Waals surface area contributed by atoms with Crippen molar-refractivity contribution < 1.29 is 9.53 Å². The molecule has 2 nitrogen and oxygen atoms in total. The summed E-state index contributed by atoms with van der Waals surface area (Å²) in [5.74, 6) is 0.789. The van der Waals surface area contributed by atoms with E-state index >= 15 is 0 Å². The lowest BCUT2D eigenvalue weighted by atomic mass is 9.93. The predicted molar refractivity (Wildman–Crippen MR) is 86.3 cm³/mol. The van der Waals surface area contributed by atoms with Crippen LogP contribution in [0.4, 0.5) is 0 Å². The van der Waals surface area contributed by atoms with Gasteiger partial charge in [0.15, 0.2) is 5.78 Å². The summed E-state index contributed by atoms with van der Waals surface area (Å²) in [6.07, 6.45) is 0.0956. The van der Waals surface area contributed by atoms with Crippen LogP contribution < -0.4 is 4.74 Å². The molecular weight excluding hydrogens is 260 g/mol. The first kappa shape index (κ1) is 15.3. The van der Waals surface area contributed by atoms with Gasteiger partial charge in [-0.1, -0.05) is 29.8 Å². The Hall–Kier alpha value is -2.09. The van der Waals surface area contributed by atoms with Gasteiger partial charge >= 0.3 is 0 Å². The first-order valence-corrected chi connectivity index (χ1v) is 7.27. The van der Waals surface area contributed by atoms with Crippen LogP contribution >= 0.6 is 0 Å². The molecule has 0 N–H and O–H groups in total. The lowest BCUT2D eigenvalue weighted by Crippen LogP contribution is -2.09. The van der Waals surface area contributed by atoms with E-state index in [4.69, 9.17) is 4.74 Å². The van der Waals surface area contributed by atoms with Crippen molar-refractivity contribution in [2.24, 2.45) is 0 Å². The number of carbonyl (C=O) groups excluding carboxylic acids is 1.